The van der Waals surface area contributed by atoms with Gasteiger partial charge in [0.25, 0.3) is 11.8 Å². The number of fused-ring (bicyclic) bond motifs is 1. The van der Waals surface area contributed by atoms with Gasteiger partial charge in [-0.25, -0.2) is 8.42 Å². The molecule has 0 spiro atoms. The monoisotopic (exact) mass is 409 g/mol. The maximum atomic E-state index is 12.7. The number of amides is 2. The summed E-state index contributed by atoms with van der Waals surface area (Å²) in [6, 6.07) is 10.7. The molecule has 10 heteroatoms. The number of nitrogens with one attached hydrogen (secondary N) is 1. The molecule has 1 atom stereocenters. The van der Waals surface area contributed by atoms with Gasteiger partial charge in [-0.2, -0.15) is 0 Å². The number of para-hydroxylation sites is 1. The van der Waals surface area contributed by atoms with E-state index in [4.69, 9.17) is 22.1 Å². The van der Waals surface area contributed by atoms with Crippen molar-refractivity contribution in [2.45, 2.75) is 6.10 Å². The Balaban J connectivity index is 1.91. The Hall–Kier alpha value is -2.78. The first-order valence-electron chi connectivity index (χ1n) is 7.80. The maximum absolute atomic E-state index is 12.7. The van der Waals surface area contributed by atoms with Crippen LogP contribution >= 0.6 is 11.6 Å². The smallest absolute Gasteiger partial charge is 0.267 e. The van der Waals surface area contributed by atoms with Crippen LogP contribution in [-0.2, 0) is 14.8 Å². The highest BCUT2D eigenvalue weighted by Crippen LogP contribution is 2.37. The van der Waals surface area contributed by atoms with E-state index in [1.165, 1.54) is 30.3 Å². The van der Waals surface area contributed by atoms with Gasteiger partial charge in [0.15, 0.2) is 6.10 Å². The minimum atomic E-state index is -3.68. The summed E-state index contributed by atoms with van der Waals surface area (Å²) >= 11 is 5.95. The van der Waals surface area contributed by atoms with E-state index in [0.29, 0.717) is 5.02 Å². The molecule has 0 bridgehead atoms. The number of benzene rings is 2. The lowest BCUT2D eigenvalue weighted by Crippen LogP contribution is -2.48. The van der Waals surface area contributed by atoms with Gasteiger partial charge in [-0.1, -0.05) is 23.7 Å². The zero-order valence-corrected chi connectivity index (χ0v) is 15.8. The van der Waals surface area contributed by atoms with Crippen molar-refractivity contribution in [1.29, 1.82) is 0 Å². The minimum Gasteiger partial charge on any atom is -0.476 e. The lowest BCUT2D eigenvalue weighted by molar-refractivity contribution is -0.122. The first kappa shape index (κ1) is 19.0. The predicted molar refractivity (Wildman–Crippen MR) is 102 cm³/mol. The van der Waals surface area contributed by atoms with Gasteiger partial charge in [0.2, 0.25) is 10.0 Å². The van der Waals surface area contributed by atoms with E-state index in [9.17, 15) is 18.0 Å². The molecule has 1 aliphatic rings. The molecule has 27 heavy (non-hydrogen) atoms. The molecule has 0 saturated heterocycles. The fraction of sp³-hybridized carbons (Fsp3) is 0.176. The summed E-state index contributed by atoms with van der Waals surface area (Å²) in [6.45, 7) is -0.239. The zero-order valence-electron chi connectivity index (χ0n) is 14.2. The summed E-state index contributed by atoms with van der Waals surface area (Å²) in [6.07, 6.45) is -0.102. The van der Waals surface area contributed by atoms with Gasteiger partial charge in [-0.3, -0.25) is 13.9 Å². The molecular formula is C17H16ClN3O5S. The molecule has 0 unspecified atom stereocenters. The van der Waals surface area contributed by atoms with Gasteiger partial charge in [-0.05, 0) is 30.3 Å². The average Bonchev–Trinajstić information content (AvgIpc) is 2.60. The molecule has 3 N–H and O–H groups in total. The fourth-order valence-electron chi connectivity index (χ4n) is 2.70. The molecule has 3 rings (SSSR count). The van der Waals surface area contributed by atoms with E-state index in [1.807, 2.05) is 0 Å². The van der Waals surface area contributed by atoms with Crippen LogP contribution in [0.5, 0.6) is 5.75 Å². The minimum absolute atomic E-state index is 0.133. The lowest BCUT2D eigenvalue weighted by Gasteiger charge is -2.34. The van der Waals surface area contributed by atoms with Gasteiger partial charge < -0.3 is 15.8 Å². The van der Waals surface area contributed by atoms with Gasteiger partial charge in [-0.15, -0.1) is 0 Å². The molecule has 8 nitrogen and oxygen atoms in total. The highest BCUT2D eigenvalue weighted by atomic mass is 35.5. The highest BCUT2D eigenvalue weighted by molar-refractivity contribution is 7.92. The van der Waals surface area contributed by atoms with Gasteiger partial charge in [0.05, 0.1) is 29.7 Å². The molecule has 1 aliphatic heterocycles. The number of halogens is 1. The molecule has 0 fully saturated rings. The van der Waals surface area contributed by atoms with Crippen molar-refractivity contribution in [3.63, 3.8) is 0 Å². The zero-order chi connectivity index (χ0) is 19.8. The average molecular weight is 410 g/mol. The molecule has 0 saturated carbocycles. The Kier molecular flexibility index (Phi) is 4.99. The number of nitrogens with two attached hydrogens (primary N) is 1. The van der Waals surface area contributed by atoms with Crippen LogP contribution in [0, 0.1) is 0 Å². The van der Waals surface area contributed by atoms with E-state index in [0.717, 1.165) is 10.6 Å². The van der Waals surface area contributed by atoms with Crippen LogP contribution in [0.1, 0.15) is 10.4 Å². The molecule has 2 aromatic carbocycles. The maximum Gasteiger partial charge on any atom is 0.267 e. The molecule has 0 aromatic heterocycles. The van der Waals surface area contributed by atoms with E-state index in [2.05, 4.69) is 5.32 Å². The van der Waals surface area contributed by atoms with E-state index in [-0.39, 0.29) is 29.2 Å². The summed E-state index contributed by atoms with van der Waals surface area (Å²) in [7, 11) is -3.68. The van der Waals surface area contributed by atoms with Crippen LogP contribution in [0.3, 0.4) is 0 Å². The highest BCUT2D eigenvalue weighted by Gasteiger charge is 2.35. The van der Waals surface area contributed by atoms with Gasteiger partial charge in [0, 0.05) is 5.02 Å². The number of carbonyl (C=O) groups excluding carboxylic acids is 2. The Labute approximate surface area is 160 Å². The van der Waals surface area contributed by atoms with E-state index in [1.54, 1.807) is 12.1 Å². The van der Waals surface area contributed by atoms with Gasteiger partial charge >= 0.3 is 0 Å². The third-order valence-electron chi connectivity index (χ3n) is 3.93. The molecule has 2 aromatic rings. The summed E-state index contributed by atoms with van der Waals surface area (Å²) < 4.78 is 31.0. The largest absolute Gasteiger partial charge is 0.476 e. The fourth-order valence-corrected chi connectivity index (χ4v) is 3.77. The van der Waals surface area contributed by atoms with Crippen molar-refractivity contribution in [3.05, 3.63) is 53.1 Å². The Morgan fingerprint density at radius 1 is 1.26 bits per heavy atom. The van der Waals surface area contributed by atoms with Crippen molar-refractivity contribution in [1.82, 2.24) is 0 Å². The Morgan fingerprint density at radius 3 is 2.63 bits per heavy atom. The van der Waals surface area contributed by atoms with Crippen LogP contribution in [-0.4, -0.2) is 39.1 Å². The van der Waals surface area contributed by atoms with Crippen molar-refractivity contribution in [3.8, 4) is 5.75 Å². The first-order valence-corrected chi connectivity index (χ1v) is 10.0. The number of ether oxygens (including phenoxy) is 1. The molecule has 0 radical (unpaired) electrons. The number of carbonyl (C=O) groups is 2. The predicted octanol–water partition coefficient (Wildman–Crippen LogP) is 1.60. The normalized spacial score (nSPS) is 16.2. The number of anilines is 2. The molecule has 2 amide bonds. The molecule has 1 heterocycles. The SMILES string of the molecule is CS(=O)(=O)N1C[C@H](C(=O)Nc2ccccc2C(N)=O)Oc2ccc(Cl)cc21. The number of sulfonamides is 1. The van der Waals surface area contributed by atoms with Crippen LogP contribution in [0.2, 0.25) is 5.02 Å². The Bertz CT molecular complexity index is 1020. The van der Waals surface area contributed by atoms with Crippen LogP contribution in [0.25, 0.3) is 0 Å². The number of hydrogen-bond donors (Lipinski definition) is 2. The van der Waals surface area contributed by atoms with Crippen molar-refractivity contribution in [2.75, 3.05) is 22.4 Å². The second-order valence-electron chi connectivity index (χ2n) is 5.91. The third kappa shape index (κ3) is 3.99. The number of hydrogen-bond acceptors (Lipinski definition) is 5. The Morgan fingerprint density at radius 2 is 1.96 bits per heavy atom. The first-order chi connectivity index (χ1) is 12.7. The number of primary amides is 1. The molecule has 142 valence electrons. The number of rotatable bonds is 4. The van der Waals surface area contributed by atoms with Crippen LogP contribution in [0.15, 0.2) is 42.5 Å². The van der Waals surface area contributed by atoms with Gasteiger partial charge in [0.1, 0.15) is 5.75 Å². The lowest BCUT2D eigenvalue weighted by atomic mass is 10.1. The van der Waals surface area contributed by atoms with Crippen molar-refractivity contribution < 1.29 is 22.7 Å². The second kappa shape index (κ2) is 7.09. The summed E-state index contributed by atoms with van der Waals surface area (Å²) in [5.41, 5.74) is 5.91. The topological polar surface area (TPSA) is 119 Å². The molecular weight excluding hydrogens is 394 g/mol. The quantitative estimate of drug-likeness (QED) is 0.795. The van der Waals surface area contributed by atoms with E-state index < -0.39 is 27.9 Å². The van der Waals surface area contributed by atoms with Crippen LogP contribution < -0.4 is 20.1 Å². The summed E-state index contributed by atoms with van der Waals surface area (Å²) in [5.74, 6) is -1.11. The van der Waals surface area contributed by atoms with Crippen LogP contribution in [0.4, 0.5) is 11.4 Å². The standard InChI is InChI=1S/C17H16ClN3O5S/c1-27(24,25)21-9-15(26-14-7-6-10(18)8-13(14)21)17(23)20-12-5-3-2-4-11(12)16(19)22/h2-8,15H,9H2,1H3,(H2,19,22)(H,20,23)/t15-/m1/s1. The molecule has 0 aliphatic carbocycles. The summed E-state index contributed by atoms with van der Waals surface area (Å²) in [4.78, 5) is 24.2. The summed E-state index contributed by atoms with van der Waals surface area (Å²) in [5, 5.41) is 2.90. The van der Waals surface area contributed by atoms with Crippen molar-refractivity contribution >= 4 is 44.8 Å². The number of nitrogens with zero attached hydrogens (tertiary/aromatic N) is 1. The van der Waals surface area contributed by atoms with Crippen molar-refractivity contribution in [2.24, 2.45) is 5.73 Å². The third-order valence-corrected chi connectivity index (χ3v) is 5.32. The van der Waals surface area contributed by atoms with E-state index >= 15 is 0 Å². The second-order valence-corrected chi connectivity index (χ2v) is 8.25.